The maximum Gasteiger partial charge on any atom is 0.338 e. The highest BCUT2D eigenvalue weighted by molar-refractivity contribution is 5.93. The minimum absolute atomic E-state index is 0.0452. The van der Waals surface area contributed by atoms with Gasteiger partial charge in [0, 0.05) is 35.7 Å². The Labute approximate surface area is 199 Å². The van der Waals surface area contributed by atoms with Gasteiger partial charge in [-0.15, -0.1) is 0 Å². The fourth-order valence-electron chi connectivity index (χ4n) is 9.92. The summed E-state index contributed by atoms with van der Waals surface area (Å²) in [6.07, 6.45) is 1.60. The average Bonchev–Trinajstić information content (AvgIpc) is 3.26. The quantitative estimate of drug-likeness (QED) is 0.421. The van der Waals surface area contributed by atoms with Crippen molar-refractivity contribution in [1.29, 1.82) is 0 Å². The van der Waals surface area contributed by atoms with Gasteiger partial charge in [-0.3, -0.25) is 9.59 Å². The van der Waals surface area contributed by atoms with E-state index < -0.39 is 33.6 Å². The molecule has 5 aliphatic heterocycles. The Morgan fingerprint density at radius 3 is 2.47 bits per heavy atom. The molecule has 0 N–H and O–H groups in total. The number of carbonyl (C=O) groups is 3. The summed E-state index contributed by atoms with van der Waals surface area (Å²) in [5.74, 6) is -0.484. The lowest BCUT2D eigenvalue weighted by Crippen LogP contribution is -2.74. The first-order chi connectivity index (χ1) is 16.0. The number of esters is 2. The Morgan fingerprint density at radius 1 is 0.941 bits per heavy atom. The van der Waals surface area contributed by atoms with Gasteiger partial charge < -0.3 is 23.7 Å². The Kier molecular flexibility index (Phi) is 3.99. The molecule has 5 heterocycles. The molecule has 8 nitrogen and oxygen atoms in total. The van der Waals surface area contributed by atoms with Crippen molar-refractivity contribution >= 4 is 17.7 Å². The van der Waals surface area contributed by atoms with Crippen LogP contribution in [0.2, 0.25) is 0 Å². The van der Waals surface area contributed by atoms with Gasteiger partial charge in [0.25, 0.3) is 0 Å². The van der Waals surface area contributed by atoms with Crippen LogP contribution in [-0.2, 0) is 38.1 Å². The first kappa shape index (κ1) is 21.7. The molecule has 0 aromatic heterocycles. The van der Waals surface area contributed by atoms with Crippen molar-refractivity contribution in [1.82, 2.24) is 0 Å². The Morgan fingerprint density at radius 2 is 1.74 bits per heavy atom. The Balaban J connectivity index is 1.38. The van der Waals surface area contributed by atoms with Crippen LogP contribution in [-0.4, -0.2) is 67.1 Å². The predicted octanol–water partition coefficient (Wildman–Crippen LogP) is 2.21. The minimum atomic E-state index is -0.902. The minimum Gasteiger partial charge on any atom is -0.465 e. The van der Waals surface area contributed by atoms with Gasteiger partial charge >= 0.3 is 11.9 Å². The second-order valence-electron chi connectivity index (χ2n) is 12.8. The van der Waals surface area contributed by atoms with Crippen LogP contribution in [0.4, 0.5) is 0 Å². The molecular formula is C26H34O8. The lowest BCUT2D eigenvalue weighted by Gasteiger charge is -2.65. The monoisotopic (exact) mass is 474 g/mol. The molecule has 0 aromatic carbocycles. The third kappa shape index (κ3) is 2.13. The van der Waals surface area contributed by atoms with Crippen molar-refractivity contribution in [3.63, 3.8) is 0 Å². The summed E-state index contributed by atoms with van der Waals surface area (Å²) in [6.45, 7) is 9.75. The number of hydrogen-bond donors (Lipinski definition) is 0. The van der Waals surface area contributed by atoms with Gasteiger partial charge in [-0.2, -0.15) is 0 Å². The first-order valence-corrected chi connectivity index (χ1v) is 12.9. The van der Waals surface area contributed by atoms with Crippen LogP contribution in [0.15, 0.2) is 0 Å². The van der Waals surface area contributed by atoms with E-state index in [9.17, 15) is 14.4 Å². The number of Topliss-reactive ketones (excluding diaryl/α,β-unsaturated/α-hetero) is 1. The maximum absolute atomic E-state index is 14.3. The summed E-state index contributed by atoms with van der Waals surface area (Å²) in [7, 11) is 0. The number of rotatable bonds is 1. The second-order valence-corrected chi connectivity index (χ2v) is 12.8. The summed E-state index contributed by atoms with van der Waals surface area (Å²) in [6, 6.07) is 0. The zero-order valence-electron chi connectivity index (χ0n) is 20.4. The van der Waals surface area contributed by atoms with Crippen LogP contribution < -0.4 is 0 Å². The van der Waals surface area contributed by atoms with Gasteiger partial charge in [0.2, 0.25) is 0 Å². The first-order valence-electron chi connectivity index (χ1n) is 12.9. The van der Waals surface area contributed by atoms with Crippen molar-refractivity contribution in [2.24, 2.45) is 34.0 Å². The molecule has 2 spiro atoms. The fourth-order valence-corrected chi connectivity index (χ4v) is 9.92. The molecule has 7 fully saturated rings. The number of epoxide rings is 1. The topological polar surface area (TPSA) is 101 Å². The van der Waals surface area contributed by atoms with E-state index >= 15 is 0 Å². The smallest absolute Gasteiger partial charge is 0.338 e. The summed E-state index contributed by atoms with van der Waals surface area (Å²) in [4.78, 5) is 39.7. The van der Waals surface area contributed by atoms with E-state index in [0.29, 0.717) is 19.6 Å². The third-order valence-corrected chi connectivity index (χ3v) is 11.3. The molecule has 5 saturated heterocycles. The normalized spacial score (nSPS) is 56.9. The standard InChI is InChI=1S/C26H34O8/c1-22(2)15-9-16(27)24(4)14(25(15)12-31-18(28)10-17(25)33-22)5-7-23(3)19(13-6-8-30-11-13)32-21(29)20-26(23,24)34-20/h13-15,17,19-20H,5-12H2,1-4H3/t13-,14-,15-,17-,19-,20+,23-,24-,25+,26+/m0/s1. The van der Waals surface area contributed by atoms with Crippen molar-refractivity contribution in [3.8, 4) is 0 Å². The molecule has 7 aliphatic rings. The summed E-state index contributed by atoms with van der Waals surface area (Å²) in [5.41, 5.74) is -3.26. The number of carbonyl (C=O) groups excluding carboxylic acids is 3. The highest BCUT2D eigenvalue weighted by Crippen LogP contribution is 2.78. The molecule has 34 heavy (non-hydrogen) atoms. The van der Waals surface area contributed by atoms with Gasteiger partial charge in [0.1, 0.15) is 24.1 Å². The van der Waals surface area contributed by atoms with Gasteiger partial charge in [-0.25, -0.2) is 4.79 Å². The van der Waals surface area contributed by atoms with Crippen LogP contribution in [0.25, 0.3) is 0 Å². The molecule has 10 atom stereocenters. The molecule has 0 unspecified atom stereocenters. The summed E-state index contributed by atoms with van der Waals surface area (Å²) < 4.78 is 30.4. The molecule has 7 rings (SSSR count). The lowest BCUT2D eigenvalue weighted by atomic mass is 9.37. The zero-order chi connectivity index (χ0) is 23.9. The van der Waals surface area contributed by atoms with Crippen LogP contribution >= 0.6 is 0 Å². The Bertz CT molecular complexity index is 1000. The van der Waals surface area contributed by atoms with E-state index in [1.165, 1.54) is 0 Å². The average molecular weight is 475 g/mol. The Hall–Kier alpha value is -1.51. The van der Waals surface area contributed by atoms with Gasteiger partial charge in [0.05, 0.1) is 30.1 Å². The predicted molar refractivity (Wildman–Crippen MR) is 115 cm³/mol. The van der Waals surface area contributed by atoms with Crippen LogP contribution in [0.3, 0.4) is 0 Å². The van der Waals surface area contributed by atoms with Gasteiger partial charge in [-0.05, 0) is 46.0 Å². The number of hydrogen-bond acceptors (Lipinski definition) is 8. The number of cyclic esters (lactones) is 2. The van der Waals surface area contributed by atoms with E-state index in [-0.39, 0.29) is 60.7 Å². The molecule has 2 aliphatic carbocycles. The van der Waals surface area contributed by atoms with Crippen LogP contribution in [0.1, 0.15) is 59.8 Å². The van der Waals surface area contributed by atoms with E-state index in [1.54, 1.807) is 0 Å². The molecule has 0 bridgehead atoms. The summed E-state index contributed by atoms with van der Waals surface area (Å²) in [5, 5.41) is 0. The maximum atomic E-state index is 14.3. The molecular weight excluding hydrogens is 440 g/mol. The van der Waals surface area contributed by atoms with Crippen molar-refractivity contribution in [3.05, 3.63) is 0 Å². The van der Waals surface area contributed by atoms with Gasteiger partial charge in [-0.1, -0.05) is 6.92 Å². The highest BCUT2D eigenvalue weighted by atomic mass is 16.7. The van der Waals surface area contributed by atoms with E-state index in [1.807, 2.05) is 20.8 Å². The van der Waals surface area contributed by atoms with Crippen molar-refractivity contribution in [2.75, 3.05) is 19.8 Å². The van der Waals surface area contributed by atoms with Crippen molar-refractivity contribution < 1.29 is 38.1 Å². The van der Waals surface area contributed by atoms with Crippen LogP contribution in [0, 0.1) is 34.0 Å². The van der Waals surface area contributed by atoms with E-state index in [0.717, 1.165) is 19.3 Å². The molecule has 186 valence electrons. The fraction of sp³-hybridized carbons (Fsp3) is 0.885. The largest absolute Gasteiger partial charge is 0.465 e. The van der Waals surface area contributed by atoms with Crippen molar-refractivity contribution in [2.45, 2.75) is 89.3 Å². The molecule has 0 radical (unpaired) electrons. The molecule has 0 aromatic rings. The molecule has 0 amide bonds. The molecule has 8 heteroatoms. The SMILES string of the molecule is CC1(C)O[C@H]2CC(=O)OC[C@]23[C@H]2CC[C@@]4(C)[C@H]([C@H]5CCOC5)OC(=O)[C@H]5O[C@]54[C@]2(C)C(=O)C[C@@H]13. The number of fused-ring (bicyclic) bond motifs is 1. The van der Waals surface area contributed by atoms with Crippen LogP contribution in [0.5, 0.6) is 0 Å². The van der Waals surface area contributed by atoms with E-state index in [2.05, 4.69) is 6.92 Å². The van der Waals surface area contributed by atoms with Gasteiger partial charge in [0.15, 0.2) is 6.10 Å². The lowest BCUT2D eigenvalue weighted by molar-refractivity contribution is -0.229. The molecule has 2 saturated carbocycles. The second kappa shape index (κ2) is 6.24. The highest BCUT2D eigenvalue weighted by Gasteiger charge is 2.89. The number of ketones is 1. The zero-order valence-corrected chi connectivity index (χ0v) is 20.4. The number of ether oxygens (including phenoxy) is 5. The third-order valence-electron chi connectivity index (χ3n) is 11.3. The van der Waals surface area contributed by atoms with E-state index in [4.69, 9.17) is 23.7 Å². The summed E-state index contributed by atoms with van der Waals surface area (Å²) >= 11 is 0.